The van der Waals surface area contributed by atoms with Crippen LogP contribution in [0.1, 0.15) is 37.8 Å². The van der Waals surface area contributed by atoms with Crippen molar-refractivity contribution in [2.45, 2.75) is 58.1 Å². The highest BCUT2D eigenvalue weighted by molar-refractivity contribution is 5.42. The highest BCUT2D eigenvalue weighted by Gasteiger charge is 2.31. The minimum absolute atomic E-state index is 0.209. The van der Waals surface area contributed by atoms with Gasteiger partial charge in [0.25, 0.3) is 0 Å². The van der Waals surface area contributed by atoms with Crippen molar-refractivity contribution in [2.75, 3.05) is 33.0 Å². The van der Waals surface area contributed by atoms with E-state index >= 15 is 0 Å². The summed E-state index contributed by atoms with van der Waals surface area (Å²) in [4.78, 5) is 5.01. The zero-order valence-corrected chi connectivity index (χ0v) is 15.7. The lowest BCUT2D eigenvalue weighted by Crippen LogP contribution is -2.50. The molecule has 2 saturated heterocycles. The monoisotopic (exact) mass is 364 g/mol. The highest BCUT2D eigenvalue weighted by Crippen LogP contribution is 2.32. The minimum Gasteiger partial charge on any atom is -0.467 e. The van der Waals surface area contributed by atoms with Crippen LogP contribution in [-0.2, 0) is 22.6 Å². The molecular weight excluding hydrogens is 335 g/mol. The first kappa shape index (κ1) is 18.2. The summed E-state index contributed by atoms with van der Waals surface area (Å²) in [6.07, 6.45) is 2.97. The van der Waals surface area contributed by atoms with Crippen molar-refractivity contribution in [1.82, 2.24) is 9.80 Å². The quantitative estimate of drug-likeness (QED) is 0.821. The van der Waals surface area contributed by atoms with Gasteiger partial charge in [0.05, 0.1) is 18.8 Å². The number of morpholine rings is 1. The molecule has 4 rings (SSSR count). The lowest BCUT2D eigenvalue weighted by molar-refractivity contribution is -0.0724. The Morgan fingerprint density at radius 3 is 2.81 bits per heavy atom. The third-order valence-corrected chi connectivity index (χ3v) is 5.59. The molecule has 144 valence electrons. The van der Waals surface area contributed by atoms with E-state index in [2.05, 4.69) is 23.6 Å². The molecule has 5 nitrogen and oxygen atoms in total. The number of halogens is 1. The molecule has 3 atom stereocenters. The Bertz CT molecular complexity index is 632. The van der Waals surface area contributed by atoms with E-state index in [0.29, 0.717) is 12.6 Å². The molecule has 3 aliphatic heterocycles. The van der Waals surface area contributed by atoms with Crippen LogP contribution in [0.4, 0.5) is 4.39 Å². The molecule has 0 radical (unpaired) electrons. The van der Waals surface area contributed by atoms with Crippen LogP contribution in [0.5, 0.6) is 5.75 Å². The summed E-state index contributed by atoms with van der Waals surface area (Å²) < 4.78 is 30.9. The van der Waals surface area contributed by atoms with Crippen LogP contribution in [0, 0.1) is 5.82 Å². The normalized spacial score (nSPS) is 30.2. The van der Waals surface area contributed by atoms with E-state index in [-0.39, 0.29) is 24.8 Å². The zero-order valence-electron chi connectivity index (χ0n) is 15.7. The maximum Gasteiger partial charge on any atom is 0.189 e. The van der Waals surface area contributed by atoms with Crippen LogP contribution in [0.2, 0.25) is 0 Å². The van der Waals surface area contributed by atoms with Crippen molar-refractivity contribution in [1.29, 1.82) is 0 Å². The summed E-state index contributed by atoms with van der Waals surface area (Å²) in [5.74, 6) is 0.608. The Kier molecular flexibility index (Phi) is 5.45. The maximum atomic E-state index is 14.0. The molecule has 1 aromatic carbocycles. The van der Waals surface area contributed by atoms with Crippen molar-refractivity contribution in [2.24, 2.45) is 0 Å². The van der Waals surface area contributed by atoms with Gasteiger partial charge >= 0.3 is 0 Å². The van der Waals surface area contributed by atoms with E-state index < -0.39 is 0 Å². The van der Waals surface area contributed by atoms with Gasteiger partial charge in [0.1, 0.15) is 11.6 Å². The van der Waals surface area contributed by atoms with Gasteiger partial charge in [0.15, 0.2) is 6.79 Å². The van der Waals surface area contributed by atoms with Gasteiger partial charge in [-0.15, -0.1) is 0 Å². The third-order valence-electron chi connectivity index (χ3n) is 5.59. The second kappa shape index (κ2) is 7.80. The smallest absolute Gasteiger partial charge is 0.189 e. The molecule has 3 aliphatic rings. The summed E-state index contributed by atoms with van der Waals surface area (Å²) in [7, 11) is 0. The minimum atomic E-state index is -0.209. The number of fused-ring (bicyclic) bond motifs is 1. The van der Waals surface area contributed by atoms with E-state index in [1.807, 2.05) is 0 Å². The first-order valence-corrected chi connectivity index (χ1v) is 9.72. The lowest BCUT2D eigenvalue weighted by Gasteiger charge is -2.38. The van der Waals surface area contributed by atoms with E-state index in [4.69, 9.17) is 14.2 Å². The van der Waals surface area contributed by atoms with E-state index in [1.165, 1.54) is 18.9 Å². The summed E-state index contributed by atoms with van der Waals surface area (Å²) >= 11 is 0. The summed E-state index contributed by atoms with van der Waals surface area (Å²) in [6, 6.07) is 3.65. The van der Waals surface area contributed by atoms with Crippen LogP contribution in [0.25, 0.3) is 0 Å². The second-order valence-corrected chi connectivity index (χ2v) is 7.91. The maximum absolute atomic E-state index is 14.0. The molecule has 0 N–H and O–H groups in total. The Morgan fingerprint density at radius 2 is 2.00 bits per heavy atom. The molecule has 0 bridgehead atoms. The van der Waals surface area contributed by atoms with Crippen LogP contribution in [0.15, 0.2) is 12.1 Å². The molecule has 26 heavy (non-hydrogen) atoms. The van der Waals surface area contributed by atoms with Crippen molar-refractivity contribution in [3.05, 3.63) is 29.1 Å². The van der Waals surface area contributed by atoms with Crippen molar-refractivity contribution in [3.63, 3.8) is 0 Å². The fraction of sp³-hybridized carbons (Fsp3) is 0.700. The Morgan fingerprint density at radius 1 is 1.19 bits per heavy atom. The lowest BCUT2D eigenvalue weighted by atomic mass is 10.1. The van der Waals surface area contributed by atoms with E-state index in [9.17, 15) is 4.39 Å². The first-order chi connectivity index (χ1) is 12.6. The first-order valence-electron chi connectivity index (χ1n) is 9.72. The van der Waals surface area contributed by atoms with Crippen molar-refractivity contribution < 1.29 is 18.6 Å². The molecule has 0 unspecified atom stereocenters. The van der Waals surface area contributed by atoms with Gasteiger partial charge < -0.3 is 14.2 Å². The van der Waals surface area contributed by atoms with Gasteiger partial charge in [0, 0.05) is 43.3 Å². The number of nitrogens with zero attached hydrogens (tertiary/aromatic N) is 2. The van der Waals surface area contributed by atoms with Crippen LogP contribution in [-0.4, -0.2) is 61.0 Å². The Balaban J connectivity index is 1.45. The molecule has 0 spiro atoms. The van der Waals surface area contributed by atoms with Gasteiger partial charge in [-0.25, -0.2) is 4.39 Å². The average molecular weight is 364 g/mol. The number of likely N-dealkylation sites (tertiary alicyclic amines) is 1. The SMILES string of the molecule is C[C@@H]1CN(C[C@@H]2CCCN2Cc2cc(F)cc3c2OCOC3)C[C@@H](C)O1. The number of hydrogen-bond donors (Lipinski definition) is 0. The predicted molar refractivity (Wildman–Crippen MR) is 96.6 cm³/mol. The van der Waals surface area contributed by atoms with Crippen LogP contribution in [0.3, 0.4) is 0 Å². The van der Waals surface area contributed by atoms with E-state index in [1.54, 1.807) is 6.07 Å². The molecule has 6 heteroatoms. The molecule has 0 saturated carbocycles. The summed E-state index contributed by atoms with van der Waals surface area (Å²) in [5.41, 5.74) is 1.76. The predicted octanol–water partition coefficient (Wildman–Crippen LogP) is 2.77. The third kappa shape index (κ3) is 4.03. The fourth-order valence-corrected chi connectivity index (χ4v) is 4.63. The van der Waals surface area contributed by atoms with Gasteiger partial charge in [-0.05, 0) is 45.4 Å². The zero-order chi connectivity index (χ0) is 18.1. The molecule has 3 heterocycles. The molecule has 0 aromatic heterocycles. The van der Waals surface area contributed by atoms with Gasteiger partial charge in [-0.2, -0.15) is 0 Å². The molecule has 1 aromatic rings. The average Bonchev–Trinajstić information content (AvgIpc) is 3.00. The second-order valence-electron chi connectivity index (χ2n) is 7.91. The van der Waals surface area contributed by atoms with Gasteiger partial charge in [-0.3, -0.25) is 9.80 Å². The number of hydrogen-bond acceptors (Lipinski definition) is 5. The Hall–Kier alpha value is -1.21. The van der Waals surface area contributed by atoms with Crippen molar-refractivity contribution >= 4 is 0 Å². The summed E-state index contributed by atoms with van der Waals surface area (Å²) in [6.45, 7) is 9.79. The highest BCUT2D eigenvalue weighted by atomic mass is 19.1. The Labute approximate surface area is 155 Å². The van der Waals surface area contributed by atoms with Gasteiger partial charge in [-0.1, -0.05) is 0 Å². The standard InChI is InChI=1S/C20H29FN2O3/c1-14-8-22(9-15(2)26-14)11-19-4-3-5-23(19)10-16-6-18(21)7-17-12-24-13-25-20(16)17/h6-7,14-15,19H,3-5,8-13H2,1-2H3/t14-,15-,19+/m1/s1. The summed E-state index contributed by atoms with van der Waals surface area (Å²) in [5, 5.41) is 0. The number of benzene rings is 1. The van der Waals surface area contributed by atoms with Crippen LogP contribution < -0.4 is 4.74 Å². The van der Waals surface area contributed by atoms with Crippen LogP contribution >= 0.6 is 0 Å². The van der Waals surface area contributed by atoms with E-state index in [0.717, 1.165) is 49.6 Å². The number of ether oxygens (including phenoxy) is 3. The molecular formula is C20H29FN2O3. The number of rotatable bonds is 4. The largest absolute Gasteiger partial charge is 0.467 e. The topological polar surface area (TPSA) is 34.2 Å². The molecule has 0 aliphatic carbocycles. The fourth-order valence-electron chi connectivity index (χ4n) is 4.63. The van der Waals surface area contributed by atoms with Gasteiger partial charge in [0.2, 0.25) is 0 Å². The molecule has 2 fully saturated rings. The van der Waals surface area contributed by atoms with Crippen molar-refractivity contribution in [3.8, 4) is 5.75 Å². The molecule has 0 amide bonds.